The minimum atomic E-state index is -0.120. The highest BCUT2D eigenvalue weighted by Crippen LogP contribution is 2.17. The zero-order valence-corrected chi connectivity index (χ0v) is 13.9. The smallest absolute Gasteiger partial charge is 0.257 e. The van der Waals surface area contributed by atoms with Crippen LogP contribution in [0.15, 0.2) is 53.1 Å². The minimum Gasteiger partial charge on any atom is -0.352 e. The lowest BCUT2D eigenvalue weighted by atomic mass is 10.1. The number of carbonyl (C=O) groups is 1. The maximum atomic E-state index is 12.2. The first kappa shape index (κ1) is 16.2. The number of hydrogen-bond donors (Lipinski definition) is 1. The number of aromatic nitrogens is 2. The summed E-state index contributed by atoms with van der Waals surface area (Å²) < 4.78 is 5.10. The summed E-state index contributed by atoms with van der Waals surface area (Å²) >= 11 is 5.94. The Bertz CT molecular complexity index is 843. The quantitative estimate of drug-likeness (QED) is 0.768. The van der Waals surface area contributed by atoms with Gasteiger partial charge in [-0.1, -0.05) is 28.9 Å². The number of hydrogen-bond acceptors (Lipinski definition) is 4. The van der Waals surface area contributed by atoms with Crippen molar-refractivity contribution in [3.8, 4) is 11.5 Å². The van der Waals surface area contributed by atoms with Gasteiger partial charge in [-0.2, -0.15) is 4.98 Å². The fraction of sp³-hybridized carbons (Fsp3) is 0.167. The van der Waals surface area contributed by atoms with Crippen LogP contribution in [0.25, 0.3) is 11.5 Å². The first-order valence-corrected chi connectivity index (χ1v) is 7.93. The Morgan fingerprint density at radius 1 is 1.21 bits per heavy atom. The highest BCUT2D eigenvalue weighted by atomic mass is 35.5. The van der Waals surface area contributed by atoms with E-state index in [1.54, 1.807) is 31.2 Å². The zero-order valence-electron chi connectivity index (χ0n) is 13.1. The Balaban J connectivity index is 1.57. The number of carbonyl (C=O) groups excluding carboxylic acids is 1. The number of rotatable bonds is 5. The van der Waals surface area contributed by atoms with Crippen molar-refractivity contribution in [3.63, 3.8) is 0 Å². The van der Waals surface area contributed by atoms with Gasteiger partial charge in [0.25, 0.3) is 11.8 Å². The summed E-state index contributed by atoms with van der Waals surface area (Å²) in [5, 5.41) is 7.35. The molecule has 0 aliphatic carbocycles. The Hall–Kier alpha value is -2.66. The maximum absolute atomic E-state index is 12.2. The summed E-state index contributed by atoms with van der Waals surface area (Å²) in [7, 11) is 0. The zero-order chi connectivity index (χ0) is 16.9. The van der Waals surface area contributed by atoms with Gasteiger partial charge in [-0.3, -0.25) is 4.79 Å². The molecule has 1 amide bonds. The first-order valence-electron chi connectivity index (χ1n) is 7.55. The molecule has 0 fully saturated rings. The second kappa shape index (κ2) is 7.27. The van der Waals surface area contributed by atoms with E-state index in [9.17, 15) is 4.79 Å². The van der Waals surface area contributed by atoms with Gasteiger partial charge in [0, 0.05) is 22.7 Å². The normalized spacial score (nSPS) is 10.6. The van der Waals surface area contributed by atoms with Crippen molar-refractivity contribution in [2.24, 2.45) is 0 Å². The summed E-state index contributed by atoms with van der Waals surface area (Å²) in [5.41, 5.74) is 2.46. The van der Waals surface area contributed by atoms with Crippen molar-refractivity contribution in [2.75, 3.05) is 6.54 Å². The number of aryl methyl sites for hydroxylation is 1. The van der Waals surface area contributed by atoms with Crippen molar-refractivity contribution in [1.82, 2.24) is 15.5 Å². The molecule has 0 saturated heterocycles. The van der Waals surface area contributed by atoms with Crippen molar-refractivity contribution < 1.29 is 9.32 Å². The largest absolute Gasteiger partial charge is 0.352 e. The van der Waals surface area contributed by atoms with Gasteiger partial charge in [-0.25, -0.2) is 0 Å². The van der Waals surface area contributed by atoms with Crippen molar-refractivity contribution in [2.45, 2.75) is 13.3 Å². The van der Waals surface area contributed by atoms with Crippen molar-refractivity contribution in [1.29, 1.82) is 0 Å². The van der Waals surface area contributed by atoms with Gasteiger partial charge in [0.2, 0.25) is 0 Å². The molecule has 1 aromatic heterocycles. The van der Waals surface area contributed by atoms with E-state index in [0.717, 1.165) is 17.5 Å². The van der Waals surface area contributed by atoms with Crippen LogP contribution < -0.4 is 5.32 Å². The molecule has 2 aromatic carbocycles. The second-order valence-electron chi connectivity index (χ2n) is 5.36. The van der Waals surface area contributed by atoms with Gasteiger partial charge < -0.3 is 9.84 Å². The summed E-state index contributed by atoms with van der Waals surface area (Å²) in [6, 6.07) is 14.7. The summed E-state index contributed by atoms with van der Waals surface area (Å²) in [6.45, 7) is 2.30. The van der Waals surface area contributed by atoms with Crippen LogP contribution in [0.1, 0.15) is 21.7 Å². The molecule has 0 unspecified atom stereocenters. The molecule has 122 valence electrons. The summed E-state index contributed by atoms with van der Waals surface area (Å²) in [5.74, 6) is 0.901. The highest BCUT2D eigenvalue weighted by Gasteiger charge is 2.09. The van der Waals surface area contributed by atoms with E-state index >= 15 is 0 Å². The minimum absolute atomic E-state index is 0.120. The monoisotopic (exact) mass is 341 g/mol. The molecule has 3 rings (SSSR count). The maximum Gasteiger partial charge on any atom is 0.257 e. The number of nitrogens with one attached hydrogen (secondary N) is 1. The fourth-order valence-corrected chi connectivity index (χ4v) is 2.51. The molecule has 0 aliphatic heterocycles. The van der Waals surface area contributed by atoms with Gasteiger partial charge in [-0.15, -0.1) is 0 Å². The third-order valence-corrected chi connectivity index (χ3v) is 3.74. The average molecular weight is 342 g/mol. The number of amides is 1. The van der Waals surface area contributed by atoms with E-state index in [1.165, 1.54) is 0 Å². The first-order chi connectivity index (χ1) is 11.6. The molecule has 5 nitrogen and oxygen atoms in total. The van der Waals surface area contributed by atoms with E-state index in [-0.39, 0.29) is 5.91 Å². The molecule has 1 N–H and O–H groups in total. The Morgan fingerprint density at radius 3 is 2.67 bits per heavy atom. The predicted octanol–water partition coefficient (Wildman–Crippen LogP) is 3.67. The third-order valence-electron chi connectivity index (χ3n) is 3.51. The lowest BCUT2D eigenvalue weighted by molar-refractivity contribution is 0.0954. The standard InChI is InChI=1S/C18H16ClN3O2/c1-12-21-18(24-22-12)15-7-5-14(6-8-15)17(23)20-10-9-13-3-2-4-16(19)11-13/h2-8,11H,9-10H2,1H3,(H,20,23). The molecule has 1 heterocycles. The molecule has 0 aliphatic rings. The lowest BCUT2D eigenvalue weighted by Gasteiger charge is -2.06. The van der Waals surface area contributed by atoms with Crippen LogP contribution in [0.4, 0.5) is 0 Å². The van der Waals surface area contributed by atoms with Crippen molar-refractivity contribution in [3.05, 3.63) is 70.5 Å². The average Bonchev–Trinajstić information content (AvgIpc) is 3.01. The van der Waals surface area contributed by atoms with E-state index < -0.39 is 0 Å². The molecule has 0 atom stereocenters. The van der Waals surface area contributed by atoms with Gasteiger partial charge in [0.1, 0.15) is 0 Å². The van der Waals surface area contributed by atoms with E-state index in [4.69, 9.17) is 16.1 Å². The fourth-order valence-electron chi connectivity index (χ4n) is 2.29. The SMILES string of the molecule is Cc1noc(-c2ccc(C(=O)NCCc3cccc(Cl)c3)cc2)n1. The van der Waals surface area contributed by atoms with E-state index in [0.29, 0.717) is 28.8 Å². The van der Waals surface area contributed by atoms with Gasteiger partial charge in [-0.05, 0) is 55.3 Å². The molecule has 24 heavy (non-hydrogen) atoms. The summed E-state index contributed by atoms with van der Waals surface area (Å²) in [6.07, 6.45) is 0.728. The van der Waals surface area contributed by atoms with Crippen LogP contribution in [-0.4, -0.2) is 22.6 Å². The molecular formula is C18H16ClN3O2. The van der Waals surface area contributed by atoms with Gasteiger partial charge in [0.05, 0.1) is 0 Å². The molecule has 3 aromatic rings. The predicted molar refractivity (Wildman–Crippen MR) is 92.0 cm³/mol. The van der Waals surface area contributed by atoms with E-state index in [1.807, 2.05) is 24.3 Å². The number of benzene rings is 2. The molecule has 6 heteroatoms. The van der Waals surface area contributed by atoms with Crippen LogP contribution in [0, 0.1) is 6.92 Å². The molecular weight excluding hydrogens is 326 g/mol. The van der Waals surface area contributed by atoms with Crippen LogP contribution in [-0.2, 0) is 6.42 Å². The van der Waals surface area contributed by atoms with Crippen LogP contribution in [0.3, 0.4) is 0 Å². The Morgan fingerprint density at radius 2 is 2.00 bits per heavy atom. The van der Waals surface area contributed by atoms with Gasteiger partial charge >= 0.3 is 0 Å². The third kappa shape index (κ3) is 4.00. The molecule has 0 spiro atoms. The Labute approximate surface area is 144 Å². The highest BCUT2D eigenvalue weighted by molar-refractivity contribution is 6.30. The topological polar surface area (TPSA) is 68.0 Å². The van der Waals surface area contributed by atoms with Gasteiger partial charge in [0.15, 0.2) is 5.82 Å². The van der Waals surface area contributed by atoms with Crippen LogP contribution in [0.5, 0.6) is 0 Å². The van der Waals surface area contributed by atoms with Crippen LogP contribution >= 0.6 is 11.6 Å². The number of halogens is 1. The van der Waals surface area contributed by atoms with E-state index in [2.05, 4.69) is 15.5 Å². The van der Waals surface area contributed by atoms with Crippen LogP contribution in [0.2, 0.25) is 5.02 Å². The molecule has 0 radical (unpaired) electrons. The Kier molecular flexibility index (Phi) is 4.91. The molecule has 0 bridgehead atoms. The second-order valence-corrected chi connectivity index (χ2v) is 5.80. The molecule has 0 saturated carbocycles. The van der Waals surface area contributed by atoms with Crippen molar-refractivity contribution >= 4 is 17.5 Å². The lowest BCUT2D eigenvalue weighted by Crippen LogP contribution is -2.25. The number of nitrogens with zero attached hydrogens (tertiary/aromatic N) is 2. The summed E-state index contributed by atoms with van der Waals surface area (Å²) in [4.78, 5) is 16.3.